The molecule has 7 nitrogen and oxygen atoms in total. The van der Waals surface area contributed by atoms with Crippen molar-refractivity contribution in [3.05, 3.63) is 51.7 Å². The number of hydrogen-bond acceptors (Lipinski definition) is 5. The molecule has 140 valence electrons. The molecular weight excluding hydrogens is 376 g/mol. The van der Waals surface area contributed by atoms with Gasteiger partial charge in [-0.15, -0.1) is 11.3 Å². The van der Waals surface area contributed by atoms with Crippen molar-refractivity contribution in [2.24, 2.45) is 0 Å². The van der Waals surface area contributed by atoms with Gasteiger partial charge < -0.3 is 10.4 Å². The van der Waals surface area contributed by atoms with Crippen LogP contribution < -0.4 is 5.32 Å². The Morgan fingerprint density at radius 1 is 1.04 bits per heavy atom. The predicted molar refractivity (Wildman–Crippen MR) is 99.0 cm³/mol. The molecule has 2 rings (SSSR count). The van der Waals surface area contributed by atoms with Gasteiger partial charge in [-0.1, -0.05) is 26.0 Å². The normalized spacial score (nSPS) is 11.5. The van der Waals surface area contributed by atoms with E-state index >= 15 is 0 Å². The van der Waals surface area contributed by atoms with E-state index in [4.69, 9.17) is 5.11 Å². The molecule has 0 aliphatic carbocycles. The highest BCUT2D eigenvalue weighted by Gasteiger charge is 2.21. The molecule has 0 aliphatic rings. The van der Waals surface area contributed by atoms with Crippen molar-refractivity contribution in [3.8, 4) is 0 Å². The highest BCUT2D eigenvalue weighted by atomic mass is 32.2. The van der Waals surface area contributed by atoms with Gasteiger partial charge in [0.15, 0.2) is 0 Å². The number of carbonyl (C=O) groups is 2. The molecule has 2 N–H and O–H groups in total. The van der Waals surface area contributed by atoms with E-state index in [0.717, 1.165) is 16.9 Å². The average molecular weight is 396 g/mol. The summed E-state index contributed by atoms with van der Waals surface area (Å²) in [4.78, 5) is 23.5. The van der Waals surface area contributed by atoms with Crippen molar-refractivity contribution in [2.45, 2.75) is 25.3 Å². The lowest BCUT2D eigenvalue weighted by molar-refractivity contribution is 0.0702. The minimum absolute atomic E-state index is 0.0983. The molecule has 0 radical (unpaired) electrons. The van der Waals surface area contributed by atoms with Gasteiger partial charge in [-0.25, -0.2) is 13.2 Å². The van der Waals surface area contributed by atoms with Gasteiger partial charge in [0.25, 0.3) is 5.91 Å². The zero-order valence-electron chi connectivity index (χ0n) is 14.4. The number of aromatic carboxylic acids is 1. The molecule has 0 saturated carbocycles. The number of rotatable bonds is 8. The number of carboxylic acid groups (broad SMARTS) is 1. The van der Waals surface area contributed by atoms with E-state index in [2.05, 4.69) is 5.32 Å². The molecule has 0 bridgehead atoms. The predicted octanol–water partition coefficient (Wildman–Crippen LogP) is 2.41. The number of nitrogens with zero attached hydrogens (tertiary/aromatic N) is 1. The molecule has 26 heavy (non-hydrogen) atoms. The Kier molecular flexibility index (Phi) is 6.52. The monoisotopic (exact) mass is 396 g/mol. The maximum absolute atomic E-state index is 12.4. The minimum atomic E-state index is -3.51. The molecule has 0 atom stereocenters. The minimum Gasteiger partial charge on any atom is -0.477 e. The highest BCUT2D eigenvalue weighted by Crippen LogP contribution is 2.18. The number of nitrogens with one attached hydrogen (secondary N) is 1. The van der Waals surface area contributed by atoms with E-state index in [1.807, 2.05) is 0 Å². The van der Waals surface area contributed by atoms with Crippen molar-refractivity contribution in [1.82, 2.24) is 9.62 Å². The van der Waals surface area contributed by atoms with Crippen LogP contribution in [0.2, 0.25) is 0 Å². The topological polar surface area (TPSA) is 104 Å². The summed E-state index contributed by atoms with van der Waals surface area (Å²) in [5.74, 6) is -1.44. The van der Waals surface area contributed by atoms with Crippen molar-refractivity contribution >= 4 is 33.2 Å². The first kappa shape index (κ1) is 20.1. The second-order valence-corrected chi connectivity index (χ2v) is 8.41. The zero-order chi connectivity index (χ0) is 19.3. The summed E-state index contributed by atoms with van der Waals surface area (Å²) < 4.78 is 26.2. The average Bonchev–Trinajstić information content (AvgIpc) is 3.11. The van der Waals surface area contributed by atoms with Gasteiger partial charge in [-0.2, -0.15) is 4.31 Å². The number of carboxylic acids is 1. The van der Waals surface area contributed by atoms with Crippen molar-refractivity contribution < 1.29 is 23.1 Å². The van der Waals surface area contributed by atoms with Crippen LogP contribution in [0.25, 0.3) is 0 Å². The third kappa shape index (κ3) is 4.48. The van der Waals surface area contributed by atoms with Crippen molar-refractivity contribution in [3.63, 3.8) is 0 Å². The summed E-state index contributed by atoms with van der Waals surface area (Å²) in [5, 5.41) is 11.6. The van der Waals surface area contributed by atoms with Gasteiger partial charge in [-0.05, 0) is 29.8 Å². The molecule has 1 aromatic carbocycles. The molecule has 0 saturated heterocycles. The molecule has 9 heteroatoms. The van der Waals surface area contributed by atoms with Crippen LogP contribution in [-0.4, -0.2) is 42.8 Å². The van der Waals surface area contributed by atoms with Crippen LogP contribution in [0.4, 0.5) is 0 Å². The van der Waals surface area contributed by atoms with Crippen molar-refractivity contribution in [2.75, 3.05) is 13.1 Å². The fraction of sp³-hybridized carbons (Fsp3) is 0.294. The third-order valence-electron chi connectivity index (χ3n) is 3.76. The molecule has 0 unspecified atom stereocenters. The quantitative estimate of drug-likeness (QED) is 0.713. The Hall–Kier alpha value is -2.23. The van der Waals surface area contributed by atoms with Gasteiger partial charge in [0.1, 0.15) is 4.88 Å². The van der Waals surface area contributed by atoms with Gasteiger partial charge in [-0.3, -0.25) is 4.79 Å². The third-order valence-corrected chi connectivity index (χ3v) is 6.90. The van der Waals surface area contributed by atoms with E-state index in [1.165, 1.54) is 28.6 Å². The number of amides is 1. The van der Waals surface area contributed by atoms with Crippen LogP contribution in [0.3, 0.4) is 0 Å². The molecule has 1 aromatic heterocycles. The lowest BCUT2D eigenvalue weighted by Crippen LogP contribution is -2.30. The summed E-state index contributed by atoms with van der Waals surface area (Å²) in [7, 11) is -3.51. The SMILES string of the molecule is CCN(CC)S(=O)(=O)c1ccc(CNC(=O)c2ccc(C(=O)O)s2)cc1. The highest BCUT2D eigenvalue weighted by molar-refractivity contribution is 7.89. The van der Waals surface area contributed by atoms with Crippen molar-refractivity contribution in [1.29, 1.82) is 0 Å². The van der Waals surface area contributed by atoms with Crippen LogP contribution >= 0.6 is 11.3 Å². The largest absolute Gasteiger partial charge is 0.477 e. The van der Waals surface area contributed by atoms with E-state index in [0.29, 0.717) is 18.0 Å². The summed E-state index contributed by atoms with van der Waals surface area (Å²) in [6, 6.07) is 9.17. The van der Waals surface area contributed by atoms with Crippen LogP contribution in [0, 0.1) is 0 Å². The standard InChI is InChI=1S/C17H20N2O5S2/c1-3-19(4-2)26(23,24)13-7-5-12(6-8-13)11-18-16(20)14-9-10-15(25-14)17(21)22/h5-10H,3-4,11H2,1-2H3,(H,18,20)(H,21,22). The van der Waals surface area contributed by atoms with Gasteiger partial charge in [0, 0.05) is 19.6 Å². The van der Waals surface area contributed by atoms with Gasteiger partial charge in [0.2, 0.25) is 10.0 Å². The fourth-order valence-corrected chi connectivity index (χ4v) is 4.56. The Morgan fingerprint density at radius 3 is 2.12 bits per heavy atom. The second kappa shape index (κ2) is 8.43. The molecule has 0 spiro atoms. The molecule has 0 aliphatic heterocycles. The summed E-state index contributed by atoms with van der Waals surface area (Å²) in [6.45, 7) is 4.58. The van der Waals surface area contributed by atoms with Gasteiger partial charge >= 0.3 is 5.97 Å². The first-order valence-corrected chi connectivity index (χ1v) is 10.3. The fourth-order valence-electron chi connectivity index (χ4n) is 2.34. The Labute approximate surface area is 156 Å². The molecule has 2 aromatic rings. The molecule has 1 amide bonds. The number of sulfonamides is 1. The zero-order valence-corrected chi connectivity index (χ0v) is 16.1. The second-order valence-electron chi connectivity index (χ2n) is 5.39. The van der Waals surface area contributed by atoms with E-state index in [-0.39, 0.29) is 22.2 Å². The van der Waals surface area contributed by atoms with E-state index < -0.39 is 16.0 Å². The first-order valence-electron chi connectivity index (χ1n) is 8.00. The number of carbonyl (C=O) groups excluding carboxylic acids is 1. The molecule has 0 fully saturated rings. The van der Waals surface area contributed by atoms with Crippen LogP contribution in [0.5, 0.6) is 0 Å². The maximum atomic E-state index is 12.4. The van der Waals surface area contributed by atoms with Crippen LogP contribution in [-0.2, 0) is 16.6 Å². The van der Waals surface area contributed by atoms with E-state index in [9.17, 15) is 18.0 Å². The maximum Gasteiger partial charge on any atom is 0.345 e. The first-order chi connectivity index (χ1) is 12.3. The molecule has 1 heterocycles. The summed E-state index contributed by atoms with van der Waals surface area (Å²) >= 11 is 0.902. The lowest BCUT2D eigenvalue weighted by atomic mass is 10.2. The Bertz CT molecular complexity index is 884. The number of hydrogen-bond donors (Lipinski definition) is 2. The van der Waals surface area contributed by atoms with E-state index in [1.54, 1.807) is 26.0 Å². The molecular formula is C17H20N2O5S2. The number of benzene rings is 1. The smallest absolute Gasteiger partial charge is 0.345 e. The summed E-state index contributed by atoms with van der Waals surface area (Å²) in [6.07, 6.45) is 0. The van der Waals surface area contributed by atoms with Crippen LogP contribution in [0.1, 0.15) is 38.8 Å². The Balaban J connectivity index is 2.03. The van der Waals surface area contributed by atoms with Gasteiger partial charge in [0.05, 0.1) is 9.77 Å². The summed E-state index contributed by atoms with van der Waals surface area (Å²) in [5.41, 5.74) is 0.742. The Morgan fingerprint density at radius 2 is 1.62 bits per heavy atom. The number of thiophene rings is 1. The lowest BCUT2D eigenvalue weighted by Gasteiger charge is -2.18. The van der Waals surface area contributed by atoms with Crippen LogP contribution in [0.15, 0.2) is 41.3 Å².